The number of benzene rings is 2. The minimum atomic E-state index is -0.504. The van der Waals surface area contributed by atoms with Crippen molar-refractivity contribution in [2.75, 3.05) is 25.5 Å². The Hall–Kier alpha value is -3.09. The van der Waals surface area contributed by atoms with Crippen LogP contribution in [0.15, 0.2) is 48.5 Å². The summed E-state index contributed by atoms with van der Waals surface area (Å²) in [5.74, 6) is 0.588. The van der Waals surface area contributed by atoms with Crippen LogP contribution in [0.3, 0.4) is 0 Å². The van der Waals surface area contributed by atoms with Gasteiger partial charge in [0.05, 0.1) is 12.5 Å². The topological polar surface area (TPSA) is 70.7 Å². The third-order valence-electron chi connectivity index (χ3n) is 6.67. The van der Waals surface area contributed by atoms with Gasteiger partial charge in [0, 0.05) is 24.8 Å². The Morgan fingerprint density at radius 1 is 1.03 bits per heavy atom. The Kier molecular flexibility index (Phi) is 6.63. The third-order valence-corrected chi connectivity index (χ3v) is 6.67. The highest BCUT2D eigenvalue weighted by molar-refractivity contribution is 5.90. The number of carbonyl (C=O) groups is 2. The van der Waals surface area contributed by atoms with Crippen LogP contribution < -0.4 is 15.4 Å². The second-order valence-electron chi connectivity index (χ2n) is 8.71. The number of nitrogens with one attached hydrogen (secondary N) is 2. The molecule has 1 atom stereocenters. The fourth-order valence-corrected chi connectivity index (χ4v) is 4.94. The lowest BCUT2D eigenvalue weighted by atomic mass is 9.68. The van der Waals surface area contributed by atoms with E-state index in [1.807, 2.05) is 29.2 Å². The van der Waals surface area contributed by atoms with Gasteiger partial charge in [-0.15, -0.1) is 0 Å². The largest absolute Gasteiger partial charge is 0.497 e. The van der Waals surface area contributed by atoms with E-state index in [1.54, 1.807) is 7.11 Å². The second-order valence-corrected chi connectivity index (χ2v) is 8.71. The number of amides is 3. The Labute approximate surface area is 188 Å². The van der Waals surface area contributed by atoms with E-state index in [4.69, 9.17) is 4.74 Å². The van der Waals surface area contributed by atoms with E-state index in [0.717, 1.165) is 43.4 Å². The van der Waals surface area contributed by atoms with Crippen LogP contribution in [0.25, 0.3) is 0 Å². The van der Waals surface area contributed by atoms with Crippen molar-refractivity contribution in [2.45, 2.75) is 50.0 Å². The van der Waals surface area contributed by atoms with Crippen molar-refractivity contribution in [3.05, 3.63) is 59.9 Å². The van der Waals surface area contributed by atoms with Crippen molar-refractivity contribution in [3.8, 4) is 5.75 Å². The van der Waals surface area contributed by atoms with Crippen molar-refractivity contribution in [1.82, 2.24) is 10.2 Å². The van der Waals surface area contributed by atoms with E-state index in [2.05, 4.69) is 10.6 Å². The standard InChI is InChI=1S/C25H30FN3O3/c1-32-22-11-5-18(6-12-22)25(14-3-2-4-15-25)23(30)29-16-13-21(17-29)28-24(31)27-20-9-7-19(26)8-10-20/h5-12,21H,2-4,13-17H2,1H3,(H2,27,28,31). The number of halogens is 1. The summed E-state index contributed by atoms with van der Waals surface area (Å²) in [6.07, 6.45) is 5.62. The second kappa shape index (κ2) is 9.59. The Morgan fingerprint density at radius 3 is 2.38 bits per heavy atom. The van der Waals surface area contributed by atoms with Crippen LogP contribution in [0, 0.1) is 5.82 Å². The quantitative estimate of drug-likeness (QED) is 0.723. The molecule has 0 bridgehead atoms. The summed E-state index contributed by atoms with van der Waals surface area (Å²) in [7, 11) is 1.64. The number of ether oxygens (including phenoxy) is 1. The maximum Gasteiger partial charge on any atom is 0.319 e. The van der Waals surface area contributed by atoms with Crippen LogP contribution >= 0.6 is 0 Å². The molecule has 4 rings (SSSR count). The normalized spacial score (nSPS) is 19.9. The monoisotopic (exact) mass is 439 g/mol. The highest BCUT2D eigenvalue weighted by Gasteiger charge is 2.45. The molecule has 7 heteroatoms. The zero-order chi connectivity index (χ0) is 22.6. The summed E-state index contributed by atoms with van der Waals surface area (Å²) in [4.78, 5) is 28.0. The van der Waals surface area contributed by atoms with Gasteiger partial charge in [0.15, 0.2) is 0 Å². The number of nitrogens with zero attached hydrogens (tertiary/aromatic N) is 1. The van der Waals surface area contributed by atoms with E-state index < -0.39 is 5.41 Å². The van der Waals surface area contributed by atoms with Crippen LogP contribution in [0.1, 0.15) is 44.1 Å². The molecule has 1 heterocycles. The van der Waals surface area contributed by atoms with Crippen molar-refractivity contribution in [1.29, 1.82) is 0 Å². The van der Waals surface area contributed by atoms with Crippen LogP contribution in [-0.4, -0.2) is 43.1 Å². The molecule has 1 saturated heterocycles. The van der Waals surface area contributed by atoms with Gasteiger partial charge in [-0.3, -0.25) is 4.79 Å². The van der Waals surface area contributed by atoms with E-state index in [0.29, 0.717) is 25.2 Å². The molecular formula is C25H30FN3O3. The average molecular weight is 440 g/mol. The smallest absolute Gasteiger partial charge is 0.319 e. The highest BCUT2D eigenvalue weighted by Crippen LogP contribution is 2.42. The summed E-state index contributed by atoms with van der Waals surface area (Å²) in [5.41, 5.74) is 1.07. The Balaban J connectivity index is 1.41. The molecule has 6 nitrogen and oxygen atoms in total. The van der Waals surface area contributed by atoms with E-state index >= 15 is 0 Å². The summed E-state index contributed by atoms with van der Waals surface area (Å²) < 4.78 is 18.3. The average Bonchev–Trinajstić information content (AvgIpc) is 3.28. The molecule has 32 heavy (non-hydrogen) atoms. The minimum absolute atomic E-state index is 0.115. The maximum atomic E-state index is 13.8. The lowest BCUT2D eigenvalue weighted by Crippen LogP contribution is -2.48. The number of urea groups is 1. The van der Waals surface area contributed by atoms with Gasteiger partial charge in [-0.05, 0) is 61.2 Å². The third kappa shape index (κ3) is 4.71. The molecule has 2 aromatic carbocycles. The molecule has 170 valence electrons. The fourth-order valence-electron chi connectivity index (χ4n) is 4.94. The molecule has 2 aromatic rings. The van der Waals surface area contributed by atoms with E-state index in [1.165, 1.54) is 24.3 Å². The summed E-state index contributed by atoms with van der Waals surface area (Å²) >= 11 is 0. The predicted octanol–water partition coefficient (Wildman–Crippen LogP) is 4.46. The first-order chi connectivity index (χ1) is 15.5. The molecule has 2 N–H and O–H groups in total. The van der Waals surface area contributed by atoms with E-state index in [9.17, 15) is 14.0 Å². The SMILES string of the molecule is COc1ccc(C2(C(=O)N3CCC(NC(=O)Nc4ccc(F)cc4)C3)CCCCC2)cc1. The minimum Gasteiger partial charge on any atom is -0.497 e. The highest BCUT2D eigenvalue weighted by atomic mass is 19.1. The van der Waals surface area contributed by atoms with Crippen molar-refractivity contribution in [2.24, 2.45) is 0 Å². The van der Waals surface area contributed by atoms with Crippen molar-refractivity contribution in [3.63, 3.8) is 0 Å². The van der Waals surface area contributed by atoms with Crippen molar-refractivity contribution < 1.29 is 18.7 Å². The van der Waals surface area contributed by atoms with E-state index in [-0.39, 0.29) is 23.8 Å². The zero-order valence-corrected chi connectivity index (χ0v) is 18.4. The Bertz CT molecular complexity index is 940. The van der Waals surface area contributed by atoms with Gasteiger partial charge < -0.3 is 20.3 Å². The molecule has 2 fully saturated rings. The van der Waals surface area contributed by atoms with Gasteiger partial charge >= 0.3 is 6.03 Å². The molecule has 2 aliphatic rings. The van der Waals surface area contributed by atoms with Gasteiger partial charge in [-0.1, -0.05) is 31.4 Å². The molecule has 1 aliphatic heterocycles. The van der Waals surface area contributed by atoms with Gasteiger partial charge in [0.25, 0.3) is 0 Å². The molecule has 1 aliphatic carbocycles. The summed E-state index contributed by atoms with van der Waals surface area (Å²) in [6.45, 7) is 1.12. The first-order valence-electron chi connectivity index (χ1n) is 11.3. The van der Waals surface area contributed by atoms with Gasteiger partial charge in [-0.25, -0.2) is 9.18 Å². The Morgan fingerprint density at radius 2 is 1.72 bits per heavy atom. The molecule has 0 radical (unpaired) electrons. The number of hydrogen-bond donors (Lipinski definition) is 2. The van der Waals surface area contributed by atoms with Gasteiger partial charge in [-0.2, -0.15) is 0 Å². The van der Waals surface area contributed by atoms with Crippen LogP contribution in [-0.2, 0) is 10.2 Å². The molecule has 0 spiro atoms. The lowest BCUT2D eigenvalue weighted by Gasteiger charge is -2.39. The van der Waals surface area contributed by atoms with Gasteiger partial charge in [0.2, 0.25) is 5.91 Å². The summed E-state index contributed by atoms with van der Waals surface area (Å²) in [5, 5.41) is 5.66. The molecule has 0 aromatic heterocycles. The number of likely N-dealkylation sites (tertiary alicyclic amines) is 1. The number of hydrogen-bond acceptors (Lipinski definition) is 3. The number of anilines is 1. The first kappa shape index (κ1) is 22.1. The molecule has 3 amide bonds. The molecule has 1 saturated carbocycles. The number of rotatable bonds is 5. The van der Waals surface area contributed by atoms with Crippen LogP contribution in [0.4, 0.5) is 14.9 Å². The maximum absolute atomic E-state index is 13.8. The zero-order valence-electron chi connectivity index (χ0n) is 18.4. The molecule has 1 unspecified atom stereocenters. The van der Waals surface area contributed by atoms with Crippen LogP contribution in [0.2, 0.25) is 0 Å². The lowest BCUT2D eigenvalue weighted by molar-refractivity contribution is -0.137. The number of methoxy groups -OCH3 is 1. The summed E-state index contributed by atoms with van der Waals surface area (Å²) in [6, 6.07) is 13.0. The first-order valence-corrected chi connectivity index (χ1v) is 11.3. The fraction of sp³-hybridized carbons (Fsp3) is 0.440. The molecular weight excluding hydrogens is 409 g/mol. The predicted molar refractivity (Wildman–Crippen MR) is 121 cm³/mol. The van der Waals surface area contributed by atoms with Gasteiger partial charge in [0.1, 0.15) is 11.6 Å². The van der Waals surface area contributed by atoms with Crippen LogP contribution in [0.5, 0.6) is 5.75 Å². The van der Waals surface area contributed by atoms with Crippen molar-refractivity contribution >= 4 is 17.6 Å². The number of carbonyl (C=O) groups excluding carboxylic acids is 2.